The van der Waals surface area contributed by atoms with E-state index in [2.05, 4.69) is 34.2 Å². The van der Waals surface area contributed by atoms with Crippen LogP contribution in [0.25, 0.3) is 0 Å². The van der Waals surface area contributed by atoms with Crippen molar-refractivity contribution in [2.75, 3.05) is 27.2 Å². The number of nitrogens with zero attached hydrogens (tertiary/aromatic N) is 3. The summed E-state index contributed by atoms with van der Waals surface area (Å²) in [6.07, 6.45) is 2.82. The van der Waals surface area contributed by atoms with Crippen LogP contribution < -0.4 is 5.32 Å². The first-order valence-electron chi connectivity index (χ1n) is 10.2. The minimum atomic E-state index is -0.0624. The minimum absolute atomic E-state index is 0.0517. The van der Waals surface area contributed by atoms with Crippen molar-refractivity contribution in [1.82, 2.24) is 20.1 Å². The molecule has 0 unspecified atom stereocenters. The number of thiocarbonyl (C=S) groups is 1. The standard InChI is InChI=1S/C23H25ClN4OS2/c1-27(2)14-5-15-28-22(21(26-23(28)30)18-6-3-4-13-25-18)19-11-12-20(29-19)31-17-9-7-16(24)8-10-17/h3-4,6-13,21-22H,5,14-15H2,1-2H3,(H,26,30)/t21-,22+/m0/s1. The average Bonchev–Trinajstić information content (AvgIpc) is 3.34. The molecule has 4 rings (SSSR count). The van der Waals surface area contributed by atoms with Gasteiger partial charge < -0.3 is 19.5 Å². The molecule has 0 radical (unpaired) electrons. The van der Waals surface area contributed by atoms with Crippen molar-refractivity contribution in [3.63, 3.8) is 0 Å². The molecule has 5 nitrogen and oxygen atoms in total. The highest BCUT2D eigenvalue weighted by atomic mass is 35.5. The lowest BCUT2D eigenvalue weighted by atomic mass is 10.0. The Kier molecular flexibility index (Phi) is 7.17. The molecule has 3 aromatic rings. The molecule has 1 saturated heterocycles. The van der Waals surface area contributed by atoms with Gasteiger partial charge in [0.1, 0.15) is 11.8 Å². The largest absolute Gasteiger partial charge is 0.452 e. The highest BCUT2D eigenvalue weighted by Gasteiger charge is 2.41. The molecule has 0 spiro atoms. The molecule has 31 heavy (non-hydrogen) atoms. The molecular weight excluding hydrogens is 448 g/mol. The number of pyridine rings is 1. The number of rotatable bonds is 8. The van der Waals surface area contributed by atoms with Crippen LogP contribution >= 0.6 is 35.6 Å². The fourth-order valence-electron chi connectivity index (χ4n) is 3.68. The van der Waals surface area contributed by atoms with Crippen molar-refractivity contribution < 1.29 is 4.42 Å². The van der Waals surface area contributed by atoms with Crippen molar-refractivity contribution in [2.24, 2.45) is 0 Å². The van der Waals surface area contributed by atoms with E-state index in [1.807, 2.05) is 60.8 Å². The van der Waals surface area contributed by atoms with Gasteiger partial charge in [-0.2, -0.15) is 0 Å². The Balaban J connectivity index is 1.59. The van der Waals surface area contributed by atoms with Crippen LogP contribution in [0.1, 0.15) is 30.0 Å². The Bertz CT molecular complexity index is 1010. The van der Waals surface area contributed by atoms with Gasteiger partial charge in [-0.3, -0.25) is 4.98 Å². The van der Waals surface area contributed by atoms with E-state index >= 15 is 0 Å². The number of aromatic nitrogens is 1. The first-order chi connectivity index (χ1) is 15.0. The van der Waals surface area contributed by atoms with E-state index in [9.17, 15) is 0 Å². The quantitative estimate of drug-likeness (QED) is 0.440. The predicted octanol–water partition coefficient (Wildman–Crippen LogP) is 5.40. The Morgan fingerprint density at radius 1 is 1.16 bits per heavy atom. The lowest BCUT2D eigenvalue weighted by Crippen LogP contribution is -2.32. The number of benzene rings is 1. The minimum Gasteiger partial charge on any atom is -0.452 e. The first-order valence-corrected chi connectivity index (χ1v) is 11.8. The van der Waals surface area contributed by atoms with Gasteiger partial charge in [-0.25, -0.2) is 0 Å². The zero-order valence-electron chi connectivity index (χ0n) is 17.5. The maximum absolute atomic E-state index is 6.31. The van der Waals surface area contributed by atoms with Gasteiger partial charge in [0.05, 0.1) is 11.7 Å². The van der Waals surface area contributed by atoms with Crippen LogP contribution in [0.15, 0.2) is 75.2 Å². The molecule has 1 aliphatic rings. The summed E-state index contributed by atoms with van der Waals surface area (Å²) >= 11 is 13.3. The summed E-state index contributed by atoms with van der Waals surface area (Å²) in [5, 5.41) is 5.77. The van der Waals surface area contributed by atoms with Crippen molar-refractivity contribution in [1.29, 1.82) is 0 Å². The van der Waals surface area contributed by atoms with E-state index < -0.39 is 0 Å². The highest BCUT2D eigenvalue weighted by Crippen LogP contribution is 2.41. The average molecular weight is 473 g/mol. The third-order valence-electron chi connectivity index (χ3n) is 5.13. The van der Waals surface area contributed by atoms with Gasteiger partial charge in [0.2, 0.25) is 0 Å². The first kappa shape index (κ1) is 22.1. The second kappa shape index (κ2) is 10.0. The molecule has 162 valence electrons. The van der Waals surface area contributed by atoms with E-state index in [1.54, 1.807) is 11.8 Å². The van der Waals surface area contributed by atoms with Gasteiger partial charge in [0.25, 0.3) is 0 Å². The lowest BCUT2D eigenvalue weighted by molar-refractivity contribution is 0.249. The Morgan fingerprint density at radius 3 is 2.68 bits per heavy atom. The zero-order valence-corrected chi connectivity index (χ0v) is 19.9. The zero-order chi connectivity index (χ0) is 21.8. The van der Waals surface area contributed by atoms with Crippen molar-refractivity contribution in [2.45, 2.75) is 28.5 Å². The second-order valence-electron chi connectivity index (χ2n) is 7.69. The molecule has 2 atom stereocenters. The lowest BCUT2D eigenvalue weighted by Gasteiger charge is -2.26. The smallest absolute Gasteiger partial charge is 0.170 e. The van der Waals surface area contributed by atoms with Gasteiger partial charge >= 0.3 is 0 Å². The Morgan fingerprint density at radius 2 is 1.97 bits per heavy atom. The van der Waals surface area contributed by atoms with Crippen LogP contribution in [-0.2, 0) is 0 Å². The summed E-state index contributed by atoms with van der Waals surface area (Å²) in [7, 11) is 4.17. The third kappa shape index (κ3) is 5.41. The SMILES string of the molecule is CN(C)CCCN1C(=S)N[C@@H](c2ccccn2)[C@H]1c1ccc(Sc2ccc(Cl)cc2)o1. The van der Waals surface area contributed by atoms with Gasteiger partial charge in [-0.15, -0.1) is 0 Å². The van der Waals surface area contributed by atoms with Crippen LogP contribution in [0.5, 0.6) is 0 Å². The fraction of sp³-hybridized carbons (Fsp3) is 0.304. The summed E-state index contributed by atoms with van der Waals surface area (Å²) in [5.41, 5.74) is 0.952. The summed E-state index contributed by atoms with van der Waals surface area (Å²) in [6.45, 7) is 1.84. The Hall–Kier alpha value is -2.06. The van der Waals surface area contributed by atoms with E-state index in [4.69, 9.17) is 28.2 Å². The highest BCUT2D eigenvalue weighted by molar-refractivity contribution is 7.99. The molecule has 1 N–H and O–H groups in total. The van der Waals surface area contributed by atoms with Crippen molar-refractivity contribution in [3.8, 4) is 0 Å². The molecule has 1 aromatic carbocycles. The van der Waals surface area contributed by atoms with Crippen LogP contribution in [0.2, 0.25) is 5.02 Å². The molecule has 1 fully saturated rings. The number of furan rings is 1. The number of halogens is 1. The van der Waals surface area contributed by atoms with Gasteiger partial charge in [-0.1, -0.05) is 29.4 Å². The molecule has 0 bridgehead atoms. The number of nitrogens with one attached hydrogen (secondary N) is 1. The number of hydrogen-bond acceptors (Lipinski definition) is 5. The van der Waals surface area contributed by atoms with Crippen LogP contribution in [0.3, 0.4) is 0 Å². The normalized spacial score (nSPS) is 18.6. The Labute approximate surface area is 197 Å². The van der Waals surface area contributed by atoms with E-state index in [1.165, 1.54) is 0 Å². The molecule has 0 saturated carbocycles. The van der Waals surface area contributed by atoms with Gasteiger partial charge in [0.15, 0.2) is 10.2 Å². The van der Waals surface area contributed by atoms with E-state index in [-0.39, 0.29) is 12.1 Å². The van der Waals surface area contributed by atoms with Crippen molar-refractivity contribution in [3.05, 3.63) is 77.3 Å². The monoisotopic (exact) mass is 472 g/mol. The molecule has 2 aromatic heterocycles. The summed E-state index contributed by atoms with van der Waals surface area (Å²) < 4.78 is 6.31. The molecule has 1 aliphatic heterocycles. The van der Waals surface area contributed by atoms with Gasteiger partial charge in [0, 0.05) is 22.7 Å². The summed E-state index contributed by atoms with van der Waals surface area (Å²) in [5.74, 6) is 0.879. The molecule has 0 aliphatic carbocycles. The fourth-order valence-corrected chi connectivity index (χ4v) is 4.92. The second-order valence-corrected chi connectivity index (χ2v) is 9.59. The molecule has 0 amide bonds. The maximum Gasteiger partial charge on any atom is 0.170 e. The topological polar surface area (TPSA) is 44.5 Å². The van der Waals surface area contributed by atoms with Crippen LogP contribution in [-0.4, -0.2) is 47.1 Å². The summed E-state index contributed by atoms with van der Waals surface area (Å²) in [6, 6.07) is 17.7. The number of hydrogen-bond donors (Lipinski definition) is 1. The van der Waals surface area contributed by atoms with E-state index in [0.717, 1.165) is 51.1 Å². The third-order valence-corrected chi connectivity index (χ3v) is 6.66. The maximum atomic E-state index is 6.31. The van der Waals surface area contributed by atoms with Crippen LogP contribution in [0.4, 0.5) is 0 Å². The molecular formula is C23H25ClN4OS2. The van der Waals surface area contributed by atoms with Crippen LogP contribution in [0, 0.1) is 0 Å². The van der Waals surface area contributed by atoms with Gasteiger partial charge in [-0.05, 0) is 87.8 Å². The molecule has 8 heteroatoms. The van der Waals surface area contributed by atoms with E-state index in [0.29, 0.717) is 0 Å². The summed E-state index contributed by atoms with van der Waals surface area (Å²) in [4.78, 5) is 10.1. The predicted molar refractivity (Wildman–Crippen MR) is 130 cm³/mol. The van der Waals surface area contributed by atoms with Crippen molar-refractivity contribution >= 4 is 40.7 Å². The molecule has 3 heterocycles.